The standard InChI is InChI=1S/C17H19N7O/c1-10-2-3-11(12(18)8-10)13-9-20-15-14(21-13)16(23-17(19)22-15)24-4-6-25-7-5-24/h2-3,8-9H,4-7,18H2,1H3,(H2,19,20,22,23). The molecule has 8 nitrogen and oxygen atoms in total. The molecule has 1 aliphatic rings. The lowest BCUT2D eigenvalue weighted by molar-refractivity contribution is 0.122. The van der Waals surface area contributed by atoms with Crippen LogP contribution in [0.25, 0.3) is 22.4 Å². The molecule has 0 unspecified atom stereocenters. The van der Waals surface area contributed by atoms with Gasteiger partial charge in [0, 0.05) is 24.3 Å². The predicted octanol–water partition coefficient (Wildman–Crippen LogP) is 1.40. The van der Waals surface area contributed by atoms with Crippen molar-refractivity contribution in [1.29, 1.82) is 0 Å². The van der Waals surface area contributed by atoms with E-state index >= 15 is 0 Å². The Labute approximate surface area is 144 Å². The summed E-state index contributed by atoms with van der Waals surface area (Å²) in [5.41, 5.74) is 16.4. The lowest BCUT2D eigenvalue weighted by Gasteiger charge is -2.28. The third-order valence-corrected chi connectivity index (χ3v) is 4.20. The number of hydrogen-bond donors (Lipinski definition) is 2. The van der Waals surface area contributed by atoms with Crippen LogP contribution in [0.2, 0.25) is 0 Å². The van der Waals surface area contributed by atoms with Crippen LogP contribution in [0.3, 0.4) is 0 Å². The number of aromatic nitrogens is 4. The van der Waals surface area contributed by atoms with Gasteiger partial charge >= 0.3 is 0 Å². The number of nitrogens with two attached hydrogens (primary N) is 2. The van der Waals surface area contributed by atoms with Crippen molar-refractivity contribution in [2.75, 3.05) is 42.7 Å². The van der Waals surface area contributed by atoms with E-state index in [1.54, 1.807) is 6.20 Å². The van der Waals surface area contributed by atoms with Crippen molar-refractivity contribution in [1.82, 2.24) is 19.9 Å². The fraction of sp³-hybridized carbons (Fsp3) is 0.294. The van der Waals surface area contributed by atoms with Crippen LogP contribution in [0.5, 0.6) is 0 Å². The number of nitrogen functional groups attached to an aromatic ring is 2. The van der Waals surface area contributed by atoms with Gasteiger partial charge in [-0.15, -0.1) is 0 Å². The van der Waals surface area contributed by atoms with Crippen LogP contribution >= 0.6 is 0 Å². The molecular formula is C17H19N7O. The molecule has 128 valence electrons. The molecule has 1 saturated heterocycles. The number of morpholine rings is 1. The third-order valence-electron chi connectivity index (χ3n) is 4.20. The van der Waals surface area contributed by atoms with Crippen molar-refractivity contribution >= 4 is 28.6 Å². The van der Waals surface area contributed by atoms with Crippen LogP contribution in [-0.4, -0.2) is 46.2 Å². The Bertz CT molecular complexity index is 938. The summed E-state index contributed by atoms with van der Waals surface area (Å²) in [5.74, 6) is 0.872. The second kappa shape index (κ2) is 6.14. The summed E-state index contributed by atoms with van der Waals surface area (Å²) in [7, 11) is 0. The van der Waals surface area contributed by atoms with E-state index in [1.807, 2.05) is 25.1 Å². The minimum Gasteiger partial charge on any atom is -0.398 e. The Morgan fingerprint density at radius 3 is 2.64 bits per heavy atom. The predicted molar refractivity (Wildman–Crippen MR) is 97.2 cm³/mol. The molecule has 3 aromatic rings. The first kappa shape index (κ1) is 15.5. The molecule has 2 aromatic heterocycles. The first-order valence-electron chi connectivity index (χ1n) is 8.11. The van der Waals surface area contributed by atoms with Crippen LogP contribution in [0.1, 0.15) is 5.56 Å². The monoisotopic (exact) mass is 337 g/mol. The van der Waals surface area contributed by atoms with Gasteiger partial charge in [-0.2, -0.15) is 9.97 Å². The average molecular weight is 337 g/mol. The van der Waals surface area contributed by atoms with E-state index in [9.17, 15) is 0 Å². The summed E-state index contributed by atoms with van der Waals surface area (Å²) >= 11 is 0. The molecule has 0 spiro atoms. The Morgan fingerprint density at radius 2 is 1.88 bits per heavy atom. The van der Waals surface area contributed by atoms with Gasteiger partial charge in [0.15, 0.2) is 17.0 Å². The smallest absolute Gasteiger partial charge is 0.224 e. The zero-order valence-electron chi connectivity index (χ0n) is 13.9. The fourth-order valence-corrected chi connectivity index (χ4v) is 2.95. The van der Waals surface area contributed by atoms with Gasteiger partial charge in [-0.05, 0) is 18.6 Å². The molecule has 0 bridgehead atoms. The molecule has 8 heteroatoms. The molecule has 0 amide bonds. The van der Waals surface area contributed by atoms with E-state index in [0.717, 1.165) is 24.2 Å². The molecule has 0 atom stereocenters. The van der Waals surface area contributed by atoms with Gasteiger partial charge in [-0.1, -0.05) is 12.1 Å². The average Bonchev–Trinajstić information content (AvgIpc) is 2.61. The molecular weight excluding hydrogens is 318 g/mol. The first-order valence-corrected chi connectivity index (χ1v) is 8.11. The maximum Gasteiger partial charge on any atom is 0.224 e. The lowest BCUT2D eigenvalue weighted by Crippen LogP contribution is -2.37. The van der Waals surface area contributed by atoms with Gasteiger partial charge < -0.3 is 21.1 Å². The number of fused-ring (bicyclic) bond motifs is 1. The summed E-state index contributed by atoms with van der Waals surface area (Å²) in [6.45, 7) is 4.74. The van der Waals surface area contributed by atoms with Gasteiger partial charge in [0.2, 0.25) is 5.95 Å². The minimum absolute atomic E-state index is 0.186. The first-order chi connectivity index (χ1) is 12.1. The van der Waals surface area contributed by atoms with Gasteiger partial charge in [0.1, 0.15) is 0 Å². The van der Waals surface area contributed by atoms with E-state index in [1.165, 1.54) is 0 Å². The van der Waals surface area contributed by atoms with Crippen molar-refractivity contribution in [3.8, 4) is 11.3 Å². The molecule has 1 fully saturated rings. The highest BCUT2D eigenvalue weighted by molar-refractivity contribution is 5.87. The molecule has 1 aromatic carbocycles. The van der Waals surface area contributed by atoms with Gasteiger partial charge in [-0.25, -0.2) is 9.97 Å². The number of benzene rings is 1. The van der Waals surface area contributed by atoms with E-state index < -0.39 is 0 Å². The fourth-order valence-electron chi connectivity index (χ4n) is 2.95. The molecule has 4 N–H and O–H groups in total. The van der Waals surface area contributed by atoms with Crippen LogP contribution in [0.15, 0.2) is 24.4 Å². The Kier molecular flexibility index (Phi) is 3.81. The minimum atomic E-state index is 0.186. The number of rotatable bonds is 2. The molecule has 0 radical (unpaired) electrons. The van der Waals surface area contributed by atoms with Crippen molar-refractivity contribution < 1.29 is 4.74 Å². The summed E-state index contributed by atoms with van der Waals surface area (Å²) in [6, 6.07) is 5.87. The second-order valence-corrected chi connectivity index (χ2v) is 6.02. The third kappa shape index (κ3) is 2.91. The molecule has 25 heavy (non-hydrogen) atoms. The largest absolute Gasteiger partial charge is 0.398 e. The maximum absolute atomic E-state index is 6.16. The quantitative estimate of drug-likeness (QED) is 0.674. The molecule has 0 aliphatic carbocycles. The molecule has 0 saturated carbocycles. The highest BCUT2D eigenvalue weighted by Gasteiger charge is 2.19. The Balaban J connectivity index is 1.87. The summed E-state index contributed by atoms with van der Waals surface area (Å²) in [4.78, 5) is 19.9. The van der Waals surface area contributed by atoms with Crippen LogP contribution in [-0.2, 0) is 4.74 Å². The van der Waals surface area contributed by atoms with E-state index in [-0.39, 0.29) is 5.95 Å². The lowest BCUT2D eigenvalue weighted by atomic mass is 10.1. The van der Waals surface area contributed by atoms with Gasteiger partial charge in [-0.3, -0.25) is 0 Å². The highest BCUT2D eigenvalue weighted by Crippen LogP contribution is 2.29. The van der Waals surface area contributed by atoms with E-state index in [0.29, 0.717) is 41.6 Å². The summed E-state index contributed by atoms with van der Waals surface area (Å²) < 4.78 is 5.41. The summed E-state index contributed by atoms with van der Waals surface area (Å²) in [6.07, 6.45) is 1.67. The van der Waals surface area contributed by atoms with E-state index in [2.05, 4.69) is 19.9 Å². The number of aryl methyl sites for hydroxylation is 1. The van der Waals surface area contributed by atoms with Crippen molar-refractivity contribution in [3.63, 3.8) is 0 Å². The van der Waals surface area contributed by atoms with Gasteiger partial charge in [0.25, 0.3) is 0 Å². The maximum atomic E-state index is 6.16. The zero-order valence-corrected chi connectivity index (χ0v) is 13.9. The SMILES string of the molecule is Cc1ccc(-c2cnc3nc(N)nc(N4CCOCC4)c3n2)c(N)c1. The van der Waals surface area contributed by atoms with Crippen LogP contribution < -0.4 is 16.4 Å². The number of hydrogen-bond acceptors (Lipinski definition) is 8. The topological polar surface area (TPSA) is 116 Å². The normalized spacial score (nSPS) is 14.8. The number of ether oxygens (including phenoxy) is 1. The molecule has 3 heterocycles. The van der Waals surface area contributed by atoms with Crippen molar-refractivity contribution in [3.05, 3.63) is 30.0 Å². The van der Waals surface area contributed by atoms with Crippen molar-refractivity contribution in [2.45, 2.75) is 6.92 Å². The highest BCUT2D eigenvalue weighted by atomic mass is 16.5. The zero-order chi connectivity index (χ0) is 17.4. The number of nitrogens with zero attached hydrogens (tertiary/aromatic N) is 5. The molecule has 4 rings (SSSR count). The number of anilines is 3. The van der Waals surface area contributed by atoms with Crippen LogP contribution in [0.4, 0.5) is 17.5 Å². The van der Waals surface area contributed by atoms with E-state index in [4.69, 9.17) is 21.2 Å². The van der Waals surface area contributed by atoms with Gasteiger partial charge in [0.05, 0.1) is 25.1 Å². The van der Waals surface area contributed by atoms with Crippen LogP contribution in [0, 0.1) is 6.92 Å². The Hall–Kier alpha value is -3.00. The van der Waals surface area contributed by atoms with Crippen molar-refractivity contribution in [2.24, 2.45) is 0 Å². The Morgan fingerprint density at radius 1 is 1.08 bits per heavy atom. The molecule has 1 aliphatic heterocycles. The summed E-state index contributed by atoms with van der Waals surface area (Å²) in [5, 5.41) is 0. The second-order valence-electron chi connectivity index (χ2n) is 6.02.